The van der Waals surface area contributed by atoms with E-state index >= 15 is 0 Å². The van der Waals surface area contributed by atoms with Crippen molar-refractivity contribution in [1.29, 1.82) is 5.41 Å². The Morgan fingerprint density at radius 2 is 1.81 bits per heavy atom. The standard InChI is InChI=1S/C22H36F2N4O3S/c23-22(24)8-9-27(14-22)21(29)19-12-15-6-7-16(20(25)26)13-18(15)28(19)10-11-32(30,31)17-4-2-1-3-5-17/h15-19H,1-14H2,(H3,25,26). The number of nitrogens with two attached hydrogens (primary N) is 1. The summed E-state index contributed by atoms with van der Waals surface area (Å²) in [6.07, 6.45) is 6.83. The van der Waals surface area contributed by atoms with E-state index in [2.05, 4.69) is 0 Å². The Bertz CT molecular complexity index is 831. The molecular weight excluding hydrogens is 438 g/mol. The van der Waals surface area contributed by atoms with Crippen LogP contribution in [0, 0.1) is 17.2 Å². The molecule has 4 rings (SSSR count). The van der Waals surface area contributed by atoms with E-state index in [1.807, 2.05) is 4.90 Å². The topological polar surface area (TPSA) is 108 Å². The number of carbonyl (C=O) groups is 1. The number of halogens is 2. The fourth-order valence-corrected chi connectivity index (χ4v) is 8.20. The Morgan fingerprint density at radius 3 is 2.44 bits per heavy atom. The Kier molecular flexibility index (Phi) is 6.83. The SMILES string of the molecule is N=C(N)C1CCC2CC(C(=O)N3CCC(F)(F)C3)N(CCS(=O)(=O)C3CCCCC3)C2C1. The van der Waals surface area contributed by atoms with Crippen LogP contribution in [0.5, 0.6) is 0 Å². The molecule has 10 heteroatoms. The summed E-state index contributed by atoms with van der Waals surface area (Å²) in [7, 11) is -3.28. The van der Waals surface area contributed by atoms with Crippen LogP contribution < -0.4 is 5.73 Å². The third-order valence-corrected chi connectivity index (χ3v) is 10.4. The van der Waals surface area contributed by atoms with Crippen LogP contribution in [0.2, 0.25) is 0 Å². The summed E-state index contributed by atoms with van der Waals surface area (Å²) in [6.45, 7) is -0.269. The van der Waals surface area contributed by atoms with Crippen molar-refractivity contribution in [2.75, 3.05) is 25.4 Å². The molecule has 3 N–H and O–H groups in total. The minimum Gasteiger partial charge on any atom is -0.387 e. The smallest absolute Gasteiger partial charge is 0.267 e. The van der Waals surface area contributed by atoms with Gasteiger partial charge in [-0.05, 0) is 44.4 Å². The van der Waals surface area contributed by atoms with Crippen molar-refractivity contribution in [2.45, 2.75) is 87.5 Å². The van der Waals surface area contributed by atoms with Gasteiger partial charge in [0.15, 0.2) is 9.84 Å². The highest BCUT2D eigenvalue weighted by molar-refractivity contribution is 7.92. The summed E-state index contributed by atoms with van der Waals surface area (Å²) in [5.74, 6) is -2.89. The first kappa shape index (κ1) is 23.9. The Hall–Kier alpha value is -1.29. The van der Waals surface area contributed by atoms with Gasteiger partial charge in [-0.15, -0.1) is 0 Å². The molecule has 4 aliphatic rings. The van der Waals surface area contributed by atoms with Crippen LogP contribution in [0.25, 0.3) is 0 Å². The summed E-state index contributed by atoms with van der Waals surface area (Å²) >= 11 is 0. The highest BCUT2D eigenvalue weighted by atomic mass is 32.2. The van der Waals surface area contributed by atoms with Gasteiger partial charge < -0.3 is 10.6 Å². The highest BCUT2D eigenvalue weighted by Crippen LogP contribution is 2.43. The third kappa shape index (κ3) is 4.95. The van der Waals surface area contributed by atoms with Crippen LogP contribution in [-0.4, -0.2) is 78.6 Å². The van der Waals surface area contributed by atoms with Gasteiger partial charge in [0, 0.05) is 31.5 Å². The van der Waals surface area contributed by atoms with Gasteiger partial charge in [0.2, 0.25) is 5.91 Å². The number of nitrogens with zero attached hydrogens (tertiary/aromatic N) is 2. The summed E-state index contributed by atoms with van der Waals surface area (Å²) in [6, 6.07) is -0.595. The molecule has 4 atom stereocenters. The average Bonchev–Trinajstić information content (AvgIpc) is 3.31. The number of rotatable bonds is 6. The minimum atomic E-state index is -3.28. The fourth-order valence-electron chi connectivity index (χ4n) is 6.35. The number of sulfone groups is 1. The maximum absolute atomic E-state index is 13.8. The van der Waals surface area contributed by atoms with Crippen molar-refractivity contribution in [1.82, 2.24) is 9.80 Å². The molecule has 32 heavy (non-hydrogen) atoms. The summed E-state index contributed by atoms with van der Waals surface area (Å²) < 4.78 is 53.6. The molecule has 0 bridgehead atoms. The molecule has 2 heterocycles. The average molecular weight is 475 g/mol. The van der Waals surface area contributed by atoms with Crippen LogP contribution in [0.1, 0.15) is 64.2 Å². The zero-order chi connectivity index (χ0) is 23.1. The number of alkyl halides is 2. The number of amides is 1. The van der Waals surface area contributed by atoms with Gasteiger partial charge in [0.25, 0.3) is 5.92 Å². The lowest BCUT2D eigenvalue weighted by Gasteiger charge is -2.37. The minimum absolute atomic E-state index is 0.00837. The van der Waals surface area contributed by atoms with Gasteiger partial charge in [0.1, 0.15) is 0 Å². The molecule has 4 fully saturated rings. The van der Waals surface area contributed by atoms with E-state index in [1.54, 1.807) is 0 Å². The molecule has 182 valence electrons. The lowest BCUT2D eigenvalue weighted by Crippen LogP contribution is -2.50. The molecule has 1 amide bonds. The molecule has 2 saturated heterocycles. The number of hydrogen-bond donors (Lipinski definition) is 2. The van der Waals surface area contributed by atoms with Crippen LogP contribution in [-0.2, 0) is 14.6 Å². The molecule has 2 aliphatic carbocycles. The quantitative estimate of drug-likeness (QED) is 0.454. The lowest BCUT2D eigenvalue weighted by atomic mass is 9.78. The second-order valence-corrected chi connectivity index (χ2v) is 12.7. The Labute approximate surface area is 189 Å². The zero-order valence-corrected chi connectivity index (χ0v) is 19.5. The van der Waals surface area contributed by atoms with E-state index < -0.39 is 28.3 Å². The second-order valence-electron chi connectivity index (χ2n) is 10.3. The molecule has 2 saturated carbocycles. The molecule has 0 aromatic rings. The number of likely N-dealkylation sites (tertiary alicyclic amines) is 2. The largest absolute Gasteiger partial charge is 0.387 e. The lowest BCUT2D eigenvalue weighted by molar-refractivity contribution is -0.136. The Balaban J connectivity index is 1.51. The van der Waals surface area contributed by atoms with Crippen molar-refractivity contribution in [3.8, 4) is 0 Å². The van der Waals surface area contributed by atoms with E-state index in [9.17, 15) is 22.0 Å². The third-order valence-electron chi connectivity index (χ3n) is 8.21. The molecule has 0 aromatic heterocycles. The van der Waals surface area contributed by atoms with Gasteiger partial charge in [-0.2, -0.15) is 0 Å². The van der Waals surface area contributed by atoms with Gasteiger partial charge in [-0.25, -0.2) is 17.2 Å². The van der Waals surface area contributed by atoms with E-state index in [0.717, 1.165) is 32.1 Å². The van der Waals surface area contributed by atoms with Crippen LogP contribution in [0.4, 0.5) is 8.78 Å². The number of fused-ring (bicyclic) bond motifs is 1. The normalized spacial score (nSPS) is 33.9. The molecular formula is C22H36F2N4O3S. The fraction of sp³-hybridized carbons (Fsp3) is 0.909. The summed E-state index contributed by atoms with van der Waals surface area (Å²) in [5.41, 5.74) is 5.77. The molecule has 7 nitrogen and oxygen atoms in total. The van der Waals surface area contributed by atoms with Gasteiger partial charge >= 0.3 is 0 Å². The van der Waals surface area contributed by atoms with Crippen molar-refractivity contribution in [3.05, 3.63) is 0 Å². The van der Waals surface area contributed by atoms with Crippen molar-refractivity contribution < 1.29 is 22.0 Å². The molecule has 0 spiro atoms. The number of amidine groups is 1. The monoisotopic (exact) mass is 474 g/mol. The highest BCUT2D eigenvalue weighted by Gasteiger charge is 2.50. The maximum Gasteiger partial charge on any atom is 0.267 e. The van der Waals surface area contributed by atoms with E-state index in [-0.39, 0.29) is 60.1 Å². The van der Waals surface area contributed by atoms with Crippen LogP contribution >= 0.6 is 0 Å². The van der Waals surface area contributed by atoms with Crippen LogP contribution in [0.15, 0.2) is 0 Å². The van der Waals surface area contributed by atoms with E-state index in [4.69, 9.17) is 11.1 Å². The van der Waals surface area contributed by atoms with Gasteiger partial charge in [-0.3, -0.25) is 15.1 Å². The number of hydrogen-bond acceptors (Lipinski definition) is 5. The summed E-state index contributed by atoms with van der Waals surface area (Å²) in [4.78, 5) is 16.5. The molecule has 0 radical (unpaired) electrons. The Morgan fingerprint density at radius 1 is 1.09 bits per heavy atom. The predicted octanol–water partition coefficient (Wildman–Crippen LogP) is 2.40. The number of nitrogens with one attached hydrogen (secondary N) is 1. The summed E-state index contributed by atoms with van der Waals surface area (Å²) in [5, 5.41) is 7.55. The molecule has 0 aromatic carbocycles. The van der Waals surface area contributed by atoms with Crippen molar-refractivity contribution >= 4 is 21.6 Å². The predicted molar refractivity (Wildman–Crippen MR) is 118 cm³/mol. The maximum atomic E-state index is 13.8. The van der Waals surface area contributed by atoms with E-state index in [0.29, 0.717) is 25.7 Å². The van der Waals surface area contributed by atoms with Crippen LogP contribution in [0.3, 0.4) is 0 Å². The molecule has 4 unspecified atom stereocenters. The van der Waals surface area contributed by atoms with Gasteiger partial charge in [0.05, 0.1) is 29.4 Å². The number of carbonyl (C=O) groups excluding carboxylic acids is 1. The zero-order valence-electron chi connectivity index (χ0n) is 18.6. The molecule has 2 aliphatic heterocycles. The second kappa shape index (κ2) is 9.16. The first-order valence-electron chi connectivity index (χ1n) is 12.1. The van der Waals surface area contributed by atoms with Crippen molar-refractivity contribution in [2.24, 2.45) is 17.6 Å². The first-order chi connectivity index (χ1) is 15.1. The first-order valence-corrected chi connectivity index (χ1v) is 13.8. The van der Waals surface area contributed by atoms with Crippen molar-refractivity contribution in [3.63, 3.8) is 0 Å². The van der Waals surface area contributed by atoms with Gasteiger partial charge in [-0.1, -0.05) is 19.3 Å². The van der Waals surface area contributed by atoms with E-state index in [1.165, 1.54) is 4.90 Å².